The molecule has 0 unspecified atom stereocenters. The van der Waals surface area contributed by atoms with Crippen LogP contribution in [0.3, 0.4) is 0 Å². The molecule has 1 aliphatic carbocycles. The zero-order chi connectivity index (χ0) is 32.1. The number of pyridine rings is 1. The second-order valence-corrected chi connectivity index (χ2v) is 12.8. The highest BCUT2D eigenvalue weighted by Crippen LogP contribution is 2.37. The average Bonchev–Trinajstić information content (AvgIpc) is 3.62. The Kier molecular flexibility index (Phi) is 10.4. The number of carbonyl (C=O) groups excluding carboxylic acids is 3. The van der Waals surface area contributed by atoms with Crippen LogP contribution in [0.2, 0.25) is 5.02 Å². The number of benzene rings is 1. The Balaban J connectivity index is 1.58. The average molecular weight is 629 g/mol. The molecule has 3 N–H and O–H groups in total. The molecular weight excluding hydrogens is 588 g/mol. The third-order valence-electron chi connectivity index (χ3n) is 7.73. The van der Waals surface area contributed by atoms with Gasteiger partial charge in [0.05, 0.1) is 11.6 Å². The van der Waals surface area contributed by atoms with E-state index in [4.69, 9.17) is 21.1 Å². The molecule has 0 radical (unpaired) electrons. The fraction of sp³-hybridized carbons (Fsp3) is 0.531. The number of nitrogens with one attached hydrogen (secondary N) is 2. The van der Waals surface area contributed by atoms with Crippen LogP contribution in [0.25, 0.3) is 10.9 Å². The largest absolute Gasteiger partial charge is 0.486 e. The molecule has 1 saturated carbocycles. The molecule has 12 heteroatoms. The van der Waals surface area contributed by atoms with Gasteiger partial charge in [-0.2, -0.15) is 0 Å². The minimum atomic E-state index is -1.33. The summed E-state index contributed by atoms with van der Waals surface area (Å²) in [6.45, 7) is 8.97. The van der Waals surface area contributed by atoms with Crippen LogP contribution in [0.15, 0.2) is 43.1 Å². The van der Waals surface area contributed by atoms with Gasteiger partial charge in [0.25, 0.3) is 0 Å². The van der Waals surface area contributed by atoms with E-state index in [1.54, 1.807) is 45.2 Å². The maximum absolute atomic E-state index is 14.1. The number of nitrogens with zero attached hydrogens (tertiary/aromatic N) is 2. The summed E-state index contributed by atoms with van der Waals surface area (Å²) in [6, 6.07) is 5.04. The van der Waals surface area contributed by atoms with Gasteiger partial charge in [-0.25, -0.2) is 9.59 Å². The predicted molar refractivity (Wildman–Crippen MR) is 165 cm³/mol. The lowest BCUT2D eigenvalue weighted by Gasteiger charge is -2.30. The van der Waals surface area contributed by atoms with Gasteiger partial charge in [-0.15, -0.1) is 6.58 Å². The molecule has 2 aliphatic rings. The first-order valence-electron chi connectivity index (χ1n) is 15.0. The Morgan fingerprint density at radius 1 is 1.20 bits per heavy atom. The summed E-state index contributed by atoms with van der Waals surface area (Å²) in [7, 11) is 0. The molecule has 0 spiro atoms. The monoisotopic (exact) mass is 628 g/mol. The lowest BCUT2D eigenvalue weighted by Crippen LogP contribution is -2.56. The van der Waals surface area contributed by atoms with E-state index in [0.29, 0.717) is 47.4 Å². The van der Waals surface area contributed by atoms with Crippen molar-refractivity contribution >= 4 is 46.4 Å². The highest BCUT2D eigenvalue weighted by Gasteiger charge is 2.54. The Morgan fingerprint density at radius 2 is 1.95 bits per heavy atom. The minimum absolute atomic E-state index is 0.0386. The Morgan fingerprint density at radius 3 is 2.61 bits per heavy atom. The quantitative estimate of drug-likeness (QED) is 0.207. The van der Waals surface area contributed by atoms with Crippen molar-refractivity contribution in [1.82, 2.24) is 20.5 Å². The van der Waals surface area contributed by atoms with Crippen LogP contribution in [0, 0.1) is 0 Å². The van der Waals surface area contributed by atoms with Crippen LogP contribution in [0.1, 0.15) is 72.1 Å². The van der Waals surface area contributed by atoms with Crippen LogP contribution in [-0.4, -0.2) is 74.7 Å². The smallest absolute Gasteiger partial charge is 0.408 e. The highest BCUT2D eigenvalue weighted by atomic mass is 35.5. The molecule has 0 bridgehead atoms. The number of hydrogen-bond acceptors (Lipinski definition) is 7. The number of ether oxygens (including phenoxy) is 2. The van der Waals surface area contributed by atoms with E-state index in [1.807, 2.05) is 12.1 Å². The van der Waals surface area contributed by atoms with Crippen LogP contribution in [0.5, 0.6) is 5.75 Å². The van der Waals surface area contributed by atoms with Gasteiger partial charge in [0.15, 0.2) is 0 Å². The summed E-state index contributed by atoms with van der Waals surface area (Å²) in [5, 5.41) is 16.2. The van der Waals surface area contributed by atoms with Crippen molar-refractivity contribution in [2.24, 2.45) is 0 Å². The highest BCUT2D eigenvalue weighted by molar-refractivity contribution is 6.35. The second kappa shape index (κ2) is 13.8. The number of allylic oxidation sites excluding steroid dienone is 1. The van der Waals surface area contributed by atoms with Crippen LogP contribution in [0.4, 0.5) is 4.79 Å². The molecule has 1 aromatic heterocycles. The molecular formula is C32H41ClN4O7. The van der Waals surface area contributed by atoms with Gasteiger partial charge in [-0.1, -0.05) is 42.7 Å². The van der Waals surface area contributed by atoms with E-state index in [0.717, 1.165) is 19.3 Å². The van der Waals surface area contributed by atoms with Crippen molar-refractivity contribution < 1.29 is 33.8 Å². The van der Waals surface area contributed by atoms with E-state index in [2.05, 4.69) is 22.2 Å². The van der Waals surface area contributed by atoms with E-state index < -0.39 is 53.2 Å². The fourth-order valence-corrected chi connectivity index (χ4v) is 5.53. The van der Waals surface area contributed by atoms with Crippen molar-refractivity contribution in [3.8, 4) is 5.75 Å². The number of amides is 3. The van der Waals surface area contributed by atoms with Gasteiger partial charge in [-0.3, -0.25) is 14.6 Å². The predicted octanol–water partition coefficient (Wildman–Crippen LogP) is 5.00. The summed E-state index contributed by atoms with van der Waals surface area (Å²) in [6.07, 6.45) is 6.31. The number of carboxylic acids is 1. The third kappa shape index (κ3) is 8.19. The molecule has 2 aromatic rings. The first-order chi connectivity index (χ1) is 20.8. The molecule has 11 nitrogen and oxygen atoms in total. The number of carboxylic acid groups (broad SMARTS) is 1. The van der Waals surface area contributed by atoms with E-state index in [-0.39, 0.29) is 13.0 Å². The van der Waals surface area contributed by atoms with Gasteiger partial charge >= 0.3 is 12.1 Å². The van der Waals surface area contributed by atoms with E-state index in [1.165, 1.54) is 4.90 Å². The van der Waals surface area contributed by atoms with Gasteiger partial charge in [0, 0.05) is 18.0 Å². The number of unbranched alkanes of at least 4 members (excludes halogenated alkanes) is 3. The lowest BCUT2D eigenvalue weighted by atomic mass is 10.0. The molecule has 4 rings (SSSR count). The normalized spacial score (nSPS) is 19.6. The number of hydrogen-bond donors (Lipinski definition) is 3. The zero-order valence-electron chi connectivity index (χ0n) is 25.4. The standard InChI is InChI=1S/C32H41ClN4O7/c1-5-6-7-8-9-12-23(35-30(42)44-31(2,3)4)28(39)37-19-20(18-24(37)27(38)36-32(15-16-32)29(40)41)43-25-13-10-11-21-22(33)14-17-34-26(21)25/h5,10-11,13-14,17,20,23-24H,1,6-9,12,15-16,18-19H2,2-4H3,(H,35,42)(H,36,38)(H,40,41)/t20-,23+,24+/m1/s1. The third-order valence-corrected chi connectivity index (χ3v) is 8.06. The molecule has 44 heavy (non-hydrogen) atoms. The number of carbonyl (C=O) groups is 4. The van der Waals surface area contributed by atoms with Gasteiger partial charge < -0.3 is 30.1 Å². The number of halogens is 1. The van der Waals surface area contributed by atoms with Gasteiger partial charge in [0.1, 0.15) is 40.6 Å². The number of likely N-dealkylation sites (tertiary alicyclic amines) is 1. The first kappa shape index (κ1) is 33.0. The minimum Gasteiger partial charge on any atom is -0.486 e. The topological polar surface area (TPSA) is 147 Å². The van der Waals surface area contributed by atoms with E-state index in [9.17, 15) is 24.3 Å². The molecule has 1 aliphatic heterocycles. The second-order valence-electron chi connectivity index (χ2n) is 12.4. The lowest BCUT2D eigenvalue weighted by molar-refractivity contribution is -0.145. The van der Waals surface area contributed by atoms with Crippen molar-refractivity contribution in [2.75, 3.05) is 6.54 Å². The molecule has 2 fully saturated rings. The molecule has 3 amide bonds. The van der Waals surface area contributed by atoms with Crippen molar-refractivity contribution in [2.45, 2.75) is 101 Å². The molecule has 1 aromatic carbocycles. The van der Waals surface area contributed by atoms with Crippen LogP contribution in [-0.2, 0) is 19.1 Å². The van der Waals surface area contributed by atoms with Gasteiger partial charge in [0.2, 0.25) is 11.8 Å². The van der Waals surface area contributed by atoms with Crippen molar-refractivity contribution in [1.29, 1.82) is 0 Å². The van der Waals surface area contributed by atoms with Crippen molar-refractivity contribution in [3.63, 3.8) is 0 Å². The van der Waals surface area contributed by atoms with Crippen molar-refractivity contribution in [3.05, 3.63) is 48.1 Å². The maximum Gasteiger partial charge on any atom is 0.408 e. The Bertz CT molecular complexity index is 1400. The number of aliphatic carboxylic acids is 1. The molecule has 238 valence electrons. The number of alkyl carbamates (subject to hydrolysis) is 1. The molecule has 2 heterocycles. The summed E-state index contributed by atoms with van der Waals surface area (Å²) in [4.78, 5) is 58.1. The number of para-hydroxylation sites is 1. The summed E-state index contributed by atoms with van der Waals surface area (Å²) >= 11 is 6.36. The summed E-state index contributed by atoms with van der Waals surface area (Å²) < 4.78 is 11.7. The number of fused-ring (bicyclic) bond motifs is 1. The molecule has 1 saturated heterocycles. The fourth-order valence-electron chi connectivity index (χ4n) is 5.32. The number of aromatic nitrogens is 1. The van der Waals surface area contributed by atoms with Crippen LogP contribution < -0.4 is 15.4 Å². The Labute approximate surface area is 262 Å². The zero-order valence-corrected chi connectivity index (χ0v) is 26.2. The maximum atomic E-state index is 14.1. The summed E-state index contributed by atoms with van der Waals surface area (Å²) in [5.74, 6) is -1.72. The Hall–Kier alpha value is -3.86. The van der Waals surface area contributed by atoms with E-state index >= 15 is 0 Å². The first-order valence-corrected chi connectivity index (χ1v) is 15.4. The summed E-state index contributed by atoms with van der Waals surface area (Å²) in [5.41, 5.74) is -1.57. The van der Waals surface area contributed by atoms with Gasteiger partial charge in [-0.05, 0) is 65.0 Å². The van der Waals surface area contributed by atoms with Crippen LogP contribution >= 0.6 is 11.6 Å². The number of rotatable bonds is 13. The SMILES string of the molecule is C=CCCCCC[C@H](NC(=O)OC(C)(C)C)C(=O)N1C[C@H](Oc2cccc3c(Cl)ccnc23)C[C@H]1C(=O)NC1(C(=O)O)CC1. The molecule has 3 atom stereocenters.